The molecule has 2 heterocycles. The highest BCUT2D eigenvalue weighted by Gasteiger charge is 2.27. The summed E-state index contributed by atoms with van der Waals surface area (Å²) in [5.41, 5.74) is 7.57. The molecule has 0 aliphatic carbocycles. The molecule has 0 spiro atoms. The number of thiazole rings is 1. The number of hydrogen-bond donors (Lipinski definition) is 2. The average molecular weight is 389 g/mol. The lowest BCUT2D eigenvalue weighted by Crippen LogP contribution is -2.43. The first-order chi connectivity index (χ1) is 13.1. The number of esters is 1. The number of methoxy groups -OCH3 is 1. The summed E-state index contributed by atoms with van der Waals surface area (Å²) in [5, 5.41) is 3.34. The standard InChI is InChI=1S/C19H23N3O4S/c1-25-18(24)14-4-2-3-12(9-14)10-15-11-21-19(27-15)22-17(23)16(20)13-5-7-26-8-6-13/h2-4,9,11,13,16H,5-8,10,20H2,1H3,(H,21,22,23). The minimum atomic E-state index is -0.557. The second-order valence-electron chi connectivity index (χ2n) is 6.47. The average Bonchev–Trinajstić information content (AvgIpc) is 3.14. The van der Waals surface area contributed by atoms with E-state index in [0.29, 0.717) is 30.3 Å². The van der Waals surface area contributed by atoms with Crippen molar-refractivity contribution < 1.29 is 19.1 Å². The van der Waals surface area contributed by atoms with Crippen LogP contribution in [0.3, 0.4) is 0 Å². The Morgan fingerprint density at radius 2 is 2.19 bits per heavy atom. The Labute approximate surface area is 161 Å². The van der Waals surface area contributed by atoms with E-state index in [9.17, 15) is 9.59 Å². The molecule has 7 nitrogen and oxygen atoms in total. The number of nitrogens with two attached hydrogens (primary N) is 1. The molecule has 0 saturated carbocycles. The van der Waals surface area contributed by atoms with Gasteiger partial charge in [-0.25, -0.2) is 9.78 Å². The minimum absolute atomic E-state index is 0.138. The van der Waals surface area contributed by atoms with Crippen LogP contribution in [-0.4, -0.2) is 43.2 Å². The third-order valence-electron chi connectivity index (χ3n) is 4.59. The number of anilines is 1. The highest BCUT2D eigenvalue weighted by molar-refractivity contribution is 7.15. The van der Waals surface area contributed by atoms with Crippen LogP contribution in [0.5, 0.6) is 0 Å². The lowest BCUT2D eigenvalue weighted by Gasteiger charge is -2.26. The van der Waals surface area contributed by atoms with E-state index < -0.39 is 6.04 Å². The van der Waals surface area contributed by atoms with Gasteiger partial charge in [-0.15, -0.1) is 11.3 Å². The molecule has 1 atom stereocenters. The third kappa shape index (κ3) is 5.12. The van der Waals surface area contributed by atoms with E-state index in [2.05, 4.69) is 10.3 Å². The fourth-order valence-corrected chi connectivity index (χ4v) is 3.90. The van der Waals surface area contributed by atoms with E-state index >= 15 is 0 Å². The summed E-state index contributed by atoms with van der Waals surface area (Å²) in [6, 6.07) is 6.71. The Morgan fingerprint density at radius 3 is 2.93 bits per heavy atom. The van der Waals surface area contributed by atoms with Crippen LogP contribution >= 0.6 is 11.3 Å². The van der Waals surface area contributed by atoms with Crippen molar-refractivity contribution in [2.45, 2.75) is 25.3 Å². The molecule has 1 amide bonds. The van der Waals surface area contributed by atoms with E-state index in [4.69, 9.17) is 15.2 Å². The summed E-state index contributed by atoms with van der Waals surface area (Å²) in [6.45, 7) is 1.30. The summed E-state index contributed by atoms with van der Waals surface area (Å²) in [5.74, 6) is -0.439. The monoisotopic (exact) mass is 389 g/mol. The highest BCUT2D eigenvalue weighted by Crippen LogP contribution is 2.23. The van der Waals surface area contributed by atoms with Crippen molar-refractivity contribution in [2.75, 3.05) is 25.6 Å². The van der Waals surface area contributed by atoms with Gasteiger partial charge in [0.25, 0.3) is 0 Å². The molecule has 0 bridgehead atoms. The van der Waals surface area contributed by atoms with Gasteiger partial charge < -0.3 is 20.5 Å². The number of nitrogens with one attached hydrogen (secondary N) is 1. The summed E-state index contributed by atoms with van der Waals surface area (Å²) in [4.78, 5) is 29.3. The Kier molecular flexibility index (Phi) is 6.54. The summed E-state index contributed by atoms with van der Waals surface area (Å²) in [7, 11) is 1.36. The van der Waals surface area contributed by atoms with E-state index in [-0.39, 0.29) is 17.8 Å². The number of carbonyl (C=O) groups excluding carboxylic acids is 2. The number of amides is 1. The number of aromatic nitrogens is 1. The van der Waals surface area contributed by atoms with Crippen molar-refractivity contribution >= 4 is 28.3 Å². The Morgan fingerprint density at radius 1 is 1.41 bits per heavy atom. The van der Waals surface area contributed by atoms with Gasteiger partial charge in [0.1, 0.15) is 0 Å². The minimum Gasteiger partial charge on any atom is -0.465 e. The molecule has 8 heteroatoms. The van der Waals surface area contributed by atoms with E-state index in [1.54, 1.807) is 18.3 Å². The van der Waals surface area contributed by atoms with Gasteiger partial charge in [-0.3, -0.25) is 4.79 Å². The van der Waals surface area contributed by atoms with Gasteiger partial charge in [-0.05, 0) is 36.5 Å². The molecule has 144 valence electrons. The second-order valence-corrected chi connectivity index (χ2v) is 7.58. The topological polar surface area (TPSA) is 104 Å². The van der Waals surface area contributed by atoms with Crippen molar-refractivity contribution in [3.8, 4) is 0 Å². The predicted octanol–water partition coefficient (Wildman–Crippen LogP) is 2.21. The third-order valence-corrected chi connectivity index (χ3v) is 5.50. The van der Waals surface area contributed by atoms with Crippen LogP contribution in [0.15, 0.2) is 30.5 Å². The number of rotatable bonds is 6. The lowest BCUT2D eigenvalue weighted by atomic mass is 9.92. The molecule has 0 radical (unpaired) electrons. The zero-order chi connectivity index (χ0) is 19.2. The van der Waals surface area contributed by atoms with Gasteiger partial charge in [0.05, 0.1) is 18.7 Å². The van der Waals surface area contributed by atoms with Crippen LogP contribution in [-0.2, 0) is 20.7 Å². The molecule has 1 aliphatic heterocycles. The summed E-state index contributed by atoms with van der Waals surface area (Å²) >= 11 is 1.40. The highest BCUT2D eigenvalue weighted by atomic mass is 32.1. The first-order valence-corrected chi connectivity index (χ1v) is 9.64. The molecule has 3 N–H and O–H groups in total. The molecule has 27 heavy (non-hydrogen) atoms. The van der Waals surface area contributed by atoms with Gasteiger partial charge >= 0.3 is 5.97 Å². The smallest absolute Gasteiger partial charge is 0.337 e. The molecule has 1 aromatic carbocycles. The molecule has 1 aliphatic rings. The molecule has 3 rings (SSSR count). The Hall–Kier alpha value is -2.29. The number of nitrogens with zero attached hydrogens (tertiary/aromatic N) is 1. The number of ether oxygens (including phenoxy) is 2. The van der Waals surface area contributed by atoms with Gasteiger partial charge in [-0.1, -0.05) is 12.1 Å². The molecular weight excluding hydrogens is 366 g/mol. The molecule has 2 aromatic rings. The van der Waals surface area contributed by atoms with Crippen LogP contribution in [0.1, 0.15) is 33.6 Å². The van der Waals surface area contributed by atoms with Crippen molar-refractivity contribution in [1.29, 1.82) is 0 Å². The maximum atomic E-state index is 12.4. The van der Waals surface area contributed by atoms with E-state index in [1.807, 2.05) is 12.1 Å². The first-order valence-electron chi connectivity index (χ1n) is 8.83. The number of carbonyl (C=O) groups is 2. The number of hydrogen-bond acceptors (Lipinski definition) is 7. The van der Waals surface area contributed by atoms with Gasteiger partial charge in [-0.2, -0.15) is 0 Å². The Balaban J connectivity index is 1.60. The predicted molar refractivity (Wildman–Crippen MR) is 103 cm³/mol. The molecule has 1 aromatic heterocycles. The Bertz CT molecular complexity index is 802. The fourth-order valence-electron chi connectivity index (χ4n) is 3.05. The molecule has 1 unspecified atom stereocenters. The van der Waals surface area contributed by atoms with E-state index in [0.717, 1.165) is 23.3 Å². The molecule has 1 saturated heterocycles. The normalized spacial score (nSPS) is 15.9. The van der Waals surface area contributed by atoms with Gasteiger partial charge in [0.2, 0.25) is 5.91 Å². The van der Waals surface area contributed by atoms with Crippen molar-refractivity contribution in [3.05, 3.63) is 46.5 Å². The zero-order valence-electron chi connectivity index (χ0n) is 15.1. The fraction of sp³-hybridized carbons (Fsp3) is 0.421. The zero-order valence-corrected chi connectivity index (χ0v) is 16.0. The van der Waals surface area contributed by atoms with Crippen LogP contribution < -0.4 is 11.1 Å². The molecule has 1 fully saturated rings. The number of benzene rings is 1. The van der Waals surface area contributed by atoms with Crippen molar-refractivity contribution in [3.63, 3.8) is 0 Å². The summed E-state index contributed by atoms with van der Waals surface area (Å²) in [6.07, 6.45) is 3.94. The van der Waals surface area contributed by atoms with Gasteiger partial charge in [0, 0.05) is 30.7 Å². The van der Waals surface area contributed by atoms with Crippen molar-refractivity contribution in [2.24, 2.45) is 11.7 Å². The largest absolute Gasteiger partial charge is 0.465 e. The first kappa shape index (κ1) is 19.5. The van der Waals surface area contributed by atoms with Crippen LogP contribution in [0, 0.1) is 5.92 Å². The SMILES string of the molecule is COC(=O)c1cccc(Cc2cnc(NC(=O)C(N)C3CCOCC3)s2)c1. The maximum absolute atomic E-state index is 12.4. The lowest BCUT2D eigenvalue weighted by molar-refractivity contribution is -0.119. The van der Waals surface area contributed by atoms with Crippen LogP contribution in [0.25, 0.3) is 0 Å². The van der Waals surface area contributed by atoms with Crippen molar-refractivity contribution in [1.82, 2.24) is 4.98 Å². The second kappa shape index (κ2) is 9.07. The molecular formula is C19H23N3O4S. The maximum Gasteiger partial charge on any atom is 0.337 e. The quantitative estimate of drug-likeness (QED) is 0.734. The van der Waals surface area contributed by atoms with Crippen LogP contribution in [0.4, 0.5) is 5.13 Å². The van der Waals surface area contributed by atoms with E-state index in [1.165, 1.54) is 18.4 Å². The van der Waals surface area contributed by atoms with Crippen LogP contribution in [0.2, 0.25) is 0 Å². The van der Waals surface area contributed by atoms with Gasteiger partial charge in [0.15, 0.2) is 5.13 Å². The summed E-state index contributed by atoms with van der Waals surface area (Å²) < 4.78 is 10.1.